The number of pyridine rings is 1. The third kappa shape index (κ3) is 5.91. The fourth-order valence-electron chi connectivity index (χ4n) is 7.02. The van der Waals surface area contributed by atoms with Crippen molar-refractivity contribution in [2.75, 3.05) is 19.6 Å². The van der Waals surface area contributed by atoms with Gasteiger partial charge in [-0.15, -0.1) is 0 Å². The second kappa shape index (κ2) is 11.9. The zero-order valence-electron chi connectivity index (χ0n) is 24.6. The lowest BCUT2D eigenvalue weighted by atomic mass is 9.85. The van der Waals surface area contributed by atoms with E-state index in [0.29, 0.717) is 43.9 Å². The molecule has 8 bridgehead atoms. The first-order chi connectivity index (χ1) is 20.4. The van der Waals surface area contributed by atoms with Crippen LogP contribution in [-0.2, 0) is 12.3 Å². The largest absolute Gasteiger partial charge is 0.366 e. The number of nitrogens with one attached hydrogen (secondary N) is 3. The quantitative estimate of drug-likeness (QED) is 0.441. The van der Waals surface area contributed by atoms with Crippen LogP contribution in [0.15, 0.2) is 24.3 Å². The van der Waals surface area contributed by atoms with Crippen molar-refractivity contribution in [2.45, 2.75) is 88.8 Å². The van der Waals surface area contributed by atoms with E-state index in [2.05, 4.69) is 22.1 Å². The Balaban J connectivity index is 1.71. The van der Waals surface area contributed by atoms with Crippen molar-refractivity contribution in [1.29, 1.82) is 10.7 Å². The number of nitrogens with zero attached hydrogens (tertiary/aromatic N) is 3. The number of fused-ring (bicyclic) bond motifs is 8. The van der Waals surface area contributed by atoms with E-state index in [1.54, 1.807) is 13.0 Å². The summed E-state index contributed by atoms with van der Waals surface area (Å²) in [7, 11) is 0. The van der Waals surface area contributed by atoms with Crippen molar-refractivity contribution < 1.29 is 22.0 Å². The molecule has 6 rings (SSSR count). The zero-order valence-corrected chi connectivity index (χ0v) is 24.6. The van der Waals surface area contributed by atoms with Crippen molar-refractivity contribution in [1.82, 2.24) is 20.1 Å². The first-order valence-corrected chi connectivity index (χ1v) is 15.0. The first-order valence-electron chi connectivity index (χ1n) is 15.0. The third-order valence-electron chi connectivity index (χ3n) is 9.49. The van der Waals surface area contributed by atoms with Crippen LogP contribution >= 0.6 is 0 Å². The lowest BCUT2D eigenvalue weighted by Crippen LogP contribution is -2.58. The summed E-state index contributed by atoms with van der Waals surface area (Å²) in [5, 5.41) is 25.4. The van der Waals surface area contributed by atoms with Crippen LogP contribution in [0.5, 0.6) is 0 Å². The van der Waals surface area contributed by atoms with Crippen LogP contribution in [-0.4, -0.2) is 41.1 Å². The van der Waals surface area contributed by atoms with E-state index in [1.165, 1.54) is 16.7 Å². The fraction of sp³-hybridized carbons (Fsp3) is 0.562. The number of alkyl halides is 4. The number of hydrogen-bond acceptors (Lipinski definition) is 5. The summed E-state index contributed by atoms with van der Waals surface area (Å²) < 4.78 is 78.1. The lowest BCUT2D eigenvalue weighted by Gasteiger charge is -2.40. The molecule has 1 aromatic heterocycles. The van der Waals surface area contributed by atoms with Gasteiger partial charge in [0, 0.05) is 22.4 Å². The number of aromatic nitrogens is 1. The summed E-state index contributed by atoms with van der Waals surface area (Å²) >= 11 is 0. The SMILES string of the molecule is C=c1c(CC#N)c/c2c(=N)n1C(C(F)F)CC1(C)CCCCN3CCC(CC3)C(F)(F)c3cccc(c3F)[C@@H](C)N/C=2N1. The smallest absolute Gasteiger partial charge is 0.278 e. The van der Waals surface area contributed by atoms with Gasteiger partial charge >= 0.3 is 0 Å². The molecule has 0 radical (unpaired) electrons. The topological polar surface area (TPSA) is 79.9 Å². The highest BCUT2D eigenvalue weighted by atomic mass is 19.3. The van der Waals surface area contributed by atoms with Gasteiger partial charge in [-0.05, 0) is 83.6 Å². The van der Waals surface area contributed by atoms with Crippen LogP contribution in [0.1, 0.15) is 81.1 Å². The van der Waals surface area contributed by atoms with Gasteiger partial charge in [-0.2, -0.15) is 5.26 Å². The van der Waals surface area contributed by atoms with Crippen molar-refractivity contribution in [3.63, 3.8) is 0 Å². The molecule has 0 aliphatic carbocycles. The molecule has 1 aromatic carbocycles. The van der Waals surface area contributed by atoms with Gasteiger partial charge in [0.25, 0.3) is 12.3 Å². The number of nitriles is 1. The molecule has 3 N–H and O–H groups in total. The normalized spacial score (nSPS) is 30.3. The molecule has 43 heavy (non-hydrogen) atoms. The van der Waals surface area contributed by atoms with Crippen LogP contribution in [0.4, 0.5) is 22.0 Å². The Kier molecular flexibility index (Phi) is 8.63. The van der Waals surface area contributed by atoms with E-state index < -0.39 is 47.3 Å². The molecule has 2 unspecified atom stereocenters. The van der Waals surface area contributed by atoms with Gasteiger partial charge in [0.2, 0.25) is 0 Å². The minimum Gasteiger partial charge on any atom is -0.366 e. The molecule has 1 saturated heterocycles. The van der Waals surface area contributed by atoms with Crippen molar-refractivity contribution in [2.24, 2.45) is 5.92 Å². The third-order valence-corrected chi connectivity index (χ3v) is 9.49. The molecule has 0 saturated carbocycles. The Morgan fingerprint density at radius 2 is 1.91 bits per heavy atom. The second-order valence-corrected chi connectivity index (χ2v) is 12.5. The maximum Gasteiger partial charge on any atom is 0.278 e. The van der Waals surface area contributed by atoms with E-state index >= 15 is 13.2 Å². The predicted molar refractivity (Wildman–Crippen MR) is 154 cm³/mol. The molecular formula is C32H39F5N6. The molecule has 11 heteroatoms. The molecule has 4 aliphatic rings. The summed E-state index contributed by atoms with van der Waals surface area (Å²) in [6.45, 7) is 9.18. The Labute approximate surface area is 248 Å². The van der Waals surface area contributed by atoms with E-state index in [1.807, 2.05) is 13.0 Å². The van der Waals surface area contributed by atoms with Gasteiger partial charge in [-0.1, -0.05) is 24.8 Å². The van der Waals surface area contributed by atoms with Crippen LogP contribution < -0.4 is 26.7 Å². The van der Waals surface area contributed by atoms with Crippen LogP contribution in [0.3, 0.4) is 0 Å². The van der Waals surface area contributed by atoms with Crippen LogP contribution in [0.2, 0.25) is 0 Å². The molecule has 4 aliphatic heterocycles. The van der Waals surface area contributed by atoms with Gasteiger partial charge in [-0.25, -0.2) is 22.0 Å². The number of rotatable bonds is 2. The summed E-state index contributed by atoms with van der Waals surface area (Å²) in [4.78, 5) is 2.15. The molecule has 0 amide bonds. The fourth-order valence-corrected chi connectivity index (χ4v) is 7.02. The Bertz CT molecular complexity index is 1570. The minimum absolute atomic E-state index is 0.0276. The number of piperidine rings is 1. The predicted octanol–water partition coefficient (Wildman–Crippen LogP) is 4.55. The molecule has 5 heterocycles. The van der Waals surface area contributed by atoms with E-state index in [0.717, 1.165) is 12.5 Å². The van der Waals surface area contributed by atoms with E-state index in [9.17, 15) is 14.0 Å². The van der Waals surface area contributed by atoms with E-state index in [4.69, 9.17) is 5.41 Å². The van der Waals surface area contributed by atoms with Crippen molar-refractivity contribution in [3.8, 4) is 6.07 Å². The average Bonchev–Trinajstić information content (AvgIpc) is 2.95. The Morgan fingerprint density at radius 3 is 2.58 bits per heavy atom. The van der Waals surface area contributed by atoms with Crippen LogP contribution in [0, 0.1) is 28.5 Å². The molecule has 3 atom stereocenters. The number of hydrogen-bond donors (Lipinski definition) is 3. The summed E-state index contributed by atoms with van der Waals surface area (Å²) in [5.41, 5.74) is -1.28. The molecule has 6 nitrogen and oxygen atoms in total. The maximum atomic E-state index is 16.0. The van der Waals surface area contributed by atoms with Crippen molar-refractivity contribution in [3.05, 3.63) is 62.8 Å². The molecule has 0 spiro atoms. The average molecular weight is 603 g/mol. The highest BCUT2D eigenvalue weighted by Crippen LogP contribution is 2.43. The minimum atomic E-state index is -3.34. The van der Waals surface area contributed by atoms with Gasteiger partial charge in [0.15, 0.2) is 0 Å². The van der Waals surface area contributed by atoms with Crippen LogP contribution in [0.25, 0.3) is 12.4 Å². The molecular weight excluding hydrogens is 563 g/mol. The standard InChI is InChI=1S/C32H39F5N6/c1-19-23-7-6-8-25(27(23)33)32(36,37)22-10-15-42(16-11-22)14-5-4-12-31(3)18-26(28(34)35)43-20(2)21(9-13-38)17-24(29(43)39)30(40-19)41-31/h6-8,17,19,22,26,28,39-41H,2,4-5,9-12,14-16,18H2,1,3H3/b30-24-,39-29?/t19-,26?,31?/m1/s1. The molecule has 2 aromatic rings. The number of benzene rings is 1. The summed E-state index contributed by atoms with van der Waals surface area (Å²) in [5.74, 6) is -5.00. The second-order valence-electron chi connectivity index (χ2n) is 12.5. The number of halogens is 5. The Hall–Kier alpha value is -3.39. The molecule has 232 valence electrons. The zero-order chi connectivity index (χ0) is 31.1. The summed E-state index contributed by atoms with van der Waals surface area (Å²) in [6.07, 6.45) is -0.408. The van der Waals surface area contributed by atoms with Gasteiger partial charge in [0.1, 0.15) is 17.1 Å². The van der Waals surface area contributed by atoms with Gasteiger partial charge in [-0.3, -0.25) is 5.41 Å². The Morgan fingerprint density at radius 1 is 1.19 bits per heavy atom. The maximum absolute atomic E-state index is 16.0. The molecule has 1 fully saturated rings. The van der Waals surface area contributed by atoms with E-state index in [-0.39, 0.29) is 47.3 Å². The lowest BCUT2D eigenvalue weighted by molar-refractivity contribution is -0.0880. The monoisotopic (exact) mass is 602 g/mol. The first kappa shape index (κ1) is 31.0. The van der Waals surface area contributed by atoms with Gasteiger partial charge < -0.3 is 20.1 Å². The summed E-state index contributed by atoms with van der Waals surface area (Å²) in [6, 6.07) is 5.48. The van der Waals surface area contributed by atoms with Crippen molar-refractivity contribution >= 4 is 12.4 Å². The highest BCUT2D eigenvalue weighted by Gasteiger charge is 2.45. The highest BCUT2D eigenvalue weighted by molar-refractivity contribution is 5.45. The van der Waals surface area contributed by atoms with Gasteiger partial charge in [0.05, 0.1) is 35.4 Å².